The quantitative estimate of drug-likeness (QED) is 0.765. The largest absolute Gasteiger partial charge is 0.417 e. The molecule has 9 heteroatoms. The first-order valence-electron chi connectivity index (χ1n) is 5.96. The van der Waals surface area contributed by atoms with E-state index in [1.54, 1.807) is 0 Å². The van der Waals surface area contributed by atoms with Gasteiger partial charge in [0.2, 0.25) is 0 Å². The normalized spacial score (nSPS) is 11.7. The second-order valence-corrected chi connectivity index (χ2v) is 6.46. The van der Waals surface area contributed by atoms with Crippen LogP contribution in [0.15, 0.2) is 50.5 Å². The Morgan fingerprint density at radius 2 is 1.86 bits per heavy atom. The summed E-state index contributed by atoms with van der Waals surface area (Å²) in [5.74, 6) is -1.20. The van der Waals surface area contributed by atoms with Crippen molar-refractivity contribution in [1.29, 1.82) is 0 Å². The molecule has 0 unspecified atom stereocenters. The van der Waals surface area contributed by atoms with Crippen molar-refractivity contribution in [2.24, 2.45) is 0 Å². The number of aromatic nitrogens is 1. The van der Waals surface area contributed by atoms with Gasteiger partial charge < -0.3 is 4.42 Å². The van der Waals surface area contributed by atoms with Crippen LogP contribution >= 0.6 is 11.6 Å². The van der Waals surface area contributed by atoms with Crippen molar-refractivity contribution in [2.75, 3.05) is 4.72 Å². The molecular formula is C13H8ClFN2O4S. The molecule has 0 amide bonds. The van der Waals surface area contributed by atoms with Crippen molar-refractivity contribution in [1.82, 2.24) is 4.98 Å². The van der Waals surface area contributed by atoms with Gasteiger partial charge in [-0.2, -0.15) is 0 Å². The van der Waals surface area contributed by atoms with Crippen molar-refractivity contribution in [3.05, 3.63) is 57.8 Å². The molecule has 0 saturated carbocycles. The lowest BCUT2D eigenvalue weighted by atomic mass is 10.3. The van der Waals surface area contributed by atoms with E-state index in [-0.39, 0.29) is 26.7 Å². The third-order valence-electron chi connectivity index (χ3n) is 2.86. The number of aromatic amines is 1. The van der Waals surface area contributed by atoms with E-state index in [9.17, 15) is 17.6 Å². The Labute approximate surface area is 128 Å². The first-order valence-corrected chi connectivity index (χ1v) is 7.82. The van der Waals surface area contributed by atoms with Crippen LogP contribution in [0.25, 0.3) is 11.1 Å². The van der Waals surface area contributed by atoms with Crippen LogP contribution in [0.2, 0.25) is 5.02 Å². The lowest BCUT2D eigenvalue weighted by Gasteiger charge is -2.09. The van der Waals surface area contributed by atoms with Crippen molar-refractivity contribution < 1.29 is 17.2 Å². The van der Waals surface area contributed by atoms with Crippen LogP contribution in [-0.2, 0) is 10.0 Å². The molecule has 0 spiro atoms. The number of fused-ring (bicyclic) bond motifs is 1. The zero-order valence-electron chi connectivity index (χ0n) is 10.8. The fourth-order valence-electron chi connectivity index (χ4n) is 1.89. The first-order chi connectivity index (χ1) is 10.3. The Morgan fingerprint density at radius 1 is 1.18 bits per heavy atom. The molecule has 0 atom stereocenters. The average Bonchev–Trinajstić information content (AvgIpc) is 2.79. The minimum Gasteiger partial charge on any atom is -0.408 e. The monoisotopic (exact) mass is 342 g/mol. The number of benzene rings is 2. The summed E-state index contributed by atoms with van der Waals surface area (Å²) in [6.45, 7) is 0. The average molecular weight is 343 g/mol. The maximum Gasteiger partial charge on any atom is 0.417 e. The van der Waals surface area contributed by atoms with Gasteiger partial charge in [0.05, 0.1) is 10.5 Å². The van der Waals surface area contributed by atoms with Gasteiger partial charge in [0.25, 0.3) is 10.0 Å². The number of halogens is 2. The maximum absolute atomic E-state index is 12.8. The minimum absolute atomic E-state index is 0.0638. The van der Waals surface area contributed by atoms with E-state index >= 15 is 0 Å². The van der Waals surface area contributed by atoms with Crippen molar-refractivity contribution >= 4 is 38.4 Å². The molecule has 1 heterocycles. The lowest BCUT2D eigenvalue weighted by molar-refractivity contribution is 0.554. The highest BCUT2D eigenvalue weighted by Crippen LogP contribution is 2.27. The molecule has 3 rings (SSSR count). The fourth-order valence-corrected chi connectivity index (χ4v) is 3.49. The highest BCUT2D eigenvalue weighted by Gasteiger charge is 2.20. The molecule has 1 aromatic heterocycles. The highest BCUT2D eigenvalue weighted by atomic mass is 35.5. The first kappa shape index (κ1) is 14.6. The van der Waals surface area contributed by atoms with Gasteiger partial charge in [0, 0.05) is 11.8 Å². The van der Waals surface area contributed by atoms with Crippen molar-refractivity contribution in [2.45, 2.75) is 4.90 Å². The van der Waals surface area contributed by atoms with Gasteiger partial charge in [-0.1, -0.05) is 11.6 Å². The van der Waals surface area contributed by atoms with Crippen LogP contribution in [0, 0.1) is 5.82 Å². The van der Waals surface area contributed by atoms with Crippen molar-refractivity contribution in [3.63, 3.8) is 0 Å². The summed E-state index contributed by atoms with van der Waals surface area (Å²) in [5, 5.41) is -0.0841. The van der Waals surface area contributed by atoms with Crippen LogP contribution in [-0.4, -0.2) is 13.4 Å². The van der Waals surface area contributed by atoms with E-state index in [1.165, 1.54) is 18.2 Å². The van der Waals surface area contributed by atoms with Crippen LogP contribution in [0.1, 0.15) is 0 Å². The molecule has 114 valence electrons. The van der Waals surface area contributed by atoms with E-state index in [1.807, 2.05) is 0 Å². The predicted molar refractivity (Wildman–Crippen MR) is 79.1 cm³/mol. The number of oxazole rings is 1. The maximum atomic E-state index is 12.8. The van der Waals surface area contributed by atoms with Gasteiger partial charge in [-0.15, -0.1) is 0 Å². The molecule has 0 fully saturated rings. The smallest absolute Gasteiger partial charge is 0.408 e. The molecule has 0 bridgehead atoms. The summed E-state index contributed by atoms with van der Waals surface area (Å²) in [5.41, 5.74) is 0.526. The summed E-state index contributed by atoms with van der Waals surface area (Å²) in [4.78, 5) is 13.2. The Hall–Kier alpha value is -2.32. The Balaban J connectivity index is 2.06. The second kappa shape index (κ2) is 5.15. The van der Waals surface area contributed by atoms with Gasteiger partial charge >= 0.3 is 5.76 Å². The molecule has 3 aromatic rings. The Morgan fingerprint density at radius 3 is 2.55 bits per heavy atom. The predicted octanol–water partition coefficient (Wildman–Crippen LogP) is 2.71. The van der Waals surface area contributed by atoms with E-state index in [2.05, 4.69) is 9.71 Å². The molecule has 0 radical (unpaired) electrons. The van der Waals surface area contributed by atoms with Crippen LogP contribution in [0.5, 0.6) is 0 Å². The molecule has 22 heavy (non-hydrogen) atoms. The summed E-state index contributed by atoms with van der Waals surface area (Å²) in [6, 6.07) is 7.20. The summed E-state index contributed by atoms with van der Waals surface area (Å²) < 4.78 is 44.6. The second-order valence-electron chi connectivity index (χ2n) is 4.41. The van der Waals surface area contributed by atoms with E-state index < -0.39 is 21.6 Å². The zero-order valence-corrected chi connectivity index (χ0v) is 12.3. The molecule has 2 N–H and O–H groups in total. The Bertz CT molecular complexity index is 1010. The Kier molecular flexibility index (Phi) is 3.42. The summed E-state index contributed by atoms with van der Waals surface area (Å²) in [6.07, 6.45) is 0. The summed E-state index contributed by atoms with van der Waals surface area (Å²) in [7, 11) is -4.02. The molecule has 6 nitrogen and oxygen atoms in total. The SMILES string of the molecule is O=c1[nH]c2cc(Cl)c(S(=O)(=O)Nc3ccc(F)cc3)cc2o1. The topological polar surface area (TPSA) is 92.2 Å². The molecule has 2 aromatic carbocycles. The summed E-state index contributed by atoms with van der Waals surface area (Å²) >= 11 is 5.95. The van der Waals surface area contributed by atoms with Gasteiger partial charge in [-0.05, 0) is 30.3 Å². The number of nitrogens with one attached hydrogen (secondary N) is 2. The van der Waals surface area contributed by atoms with Gasteiger partial charge in [-0.3, -0.25) is 9.71 Å². The number of H-pyrrole nitrogens is 1. The third kappa shape index (κ3) is 2.70. The highest BCUT2D eigenvalue weighted by molar-refractivity contribution is 7.92. The zero-order chi connectivity index (χ0) is 15.9. The van der Waals surface area contributed by atoms with Crippen molar-refractivity contribution in [3.8, 4) is 0 Å². The number of hydrogen-bond acceptors (Lipinski definition) is 4. The molecular weight excluding hydrogens is 335 g/mol. The third-order valence-corrected chi connectivity index (χ3v) is 4.71. The molecule has 0 aliphatic heterocycles. The van der Waals surface area contributed by atoms with E-state index in [4.69, 9.17) is 16.0 Å². The number of hydrogen-bond donors (Lipinski definition) is 2. The fraction of sp³-hybridized carbons (Fsp3) is 0. The molecule has 0 aliphatic carbocycles. The molecule has 0 aliphatic rings. The van der Waals surface area contributed by atoms with Gasteiger partial charge in [0.1, 0.15) is 10.7 Å². The van der Waals surface area contributed by atoms with Gasteiger partial charge in [-0.25, -0.2) is 17.6 Å². The molecule has 0 saturated heterocycles. The lowest BCUT2D eigenvalue weighted by Crippen LogP contribution is -2.13. The number of sulfonamides is 1. The van der Waals surface area contributed by atoms with E-state index in [0.717, 1.165) is 18.2 Å². The minimum atomic E-state index is -4.02. The van der Waals surface area contributed by atoms with Crippen LogP contribution in [0.4, 0.5) is 10.1 Å². The number of rotatable bonds is 3. The van der Waals surface area contributed by atoms with Gasteiger partial charge in [0.15, 0.2) is 5.58 Å². The van der Waals surface area contributed by atoms with E-state index in [0.29, 0.717) is 0 Å². The standard InChI is InChI=1S/C13H8ClFN2O4S/c14-9-5-10-11(21-13(18)16-10)6-12(9)22(19,20)17-8-3-1-7(15)2-4-8/h1-6,17H,(H,16,18). The van der Waals surface area contributed by atoms with Crippen LogP contribution in [0.3, 0.4) is 0 Å². The van der Waals surface area contributed by atoms with Crippen LogP contribution < -0.4 is 10.5 Å². The number of anilines is 1.